The highest BCUT2D eigenvalue weighted by atomic mass is 79.9. The fourth-order valence-electron chi connectivity index (χ4n) is 1.90. The summed E-state index contributed by atoms with van der Waals surface area (Å²) >= 11 is 3.37. The summed E-state index contributed by atoms with van der Waals surface area (Å²) in [5, 5.41) is 2.87. The van der Waals surface area contributed by atoms with Crippen molar-refractivity contribution in [3.05, 3.63) is 58.1 Å². The molecule has 2 aromatic carbocycles. The second-order valence-corrected chi connectivity index (χ2v) is 5.31. The summed E-state index contributed by atoms with van der Waals surface area (Å²) < 4.78 is 0.906. The molecule has 0 saturated heterocycles. The van der Waals surface area contributed by atoms with E-state index in [1.165, 1.54) is 0 Å². The normalized spacial score (nSPS) is 10.2. The molecule has 0 heterocycles. The summed E-state index contributed by atoms with van der Waals surface area (Å²) in [5.74, 6) is -0.0664. The molecule has 0 bridgehead atoms. The molecule has 4 heteroatoms. The average Bonchev–Trinajstić information content (AvgIpc) is 2.35. The Labute approximate surface area is 121 Å². The van der Waals surface area contributed by atoms with Crippen molar-refractivity contribution in [2.45, 2.75) is 13.3 Å². The number of rotatable bonds is 3. The highest BCUT2D eigenvalue weighted by molar-refractivity contribution is 9.10. The van der Waals surface area contributed by atoms with Gasteiger partial charge in [-0.05, 0) is 30.2 Å². The van der Waals surface area contributed by atoms with Gasteiger partial charge in [0.15, 0.2) is 0 Å². The van der Waals surface area contributed by atoms with Crippen LogP contribution in [0.2, 0.25) is 0 Å². The summed E-state index contributed by atoms with van der Waals surface area (Å²) in [4.78, 5) is 12.0. The Kier molecular flexibility index (Phi) is 4.22. The standard InChI is InChI=1S/C15H15BrN2O/c1-10-7-12(16)9-13(17)15(10)18-14(19)8-11-5-3-2-4-6-11/h2-7,9H,8,17H2,1H3,(H,18,19). The average molecular weight is 319 g/mol. The lowest BCUT2D eigenvalue weighted by atomic mass is 10.1. The third kappa shape index (κ3) is 3.58. The van der Waals surface area contributed by atoms with Gasteiger partial charge in [-0.1, -0.05) is 46.3 Å². The number of anilines is 2. The molecule has 2 rings (SSSR count). The summed E-state index contributed by atoms with van der Waals surface area (Å²) in [5.41, 5.74) is 9.08. The van der Waals surface area contributed by atoms with Gasteiger partial charge in [0.1, 0.15) is 0 Å². The molecule has 0 aliphatic carbocycles. The Hall–Kier alpha value is -1.81. The highest BCUT2D eigenvalue weighted by Crippen LogP contribution is 2.27. The maximum Gasteiger partial charge on any atom is 0.228 e. The topological polar surface area (TPSA) is 55.1 Å². The first-order valence-corrected chi connectivity index (χ1v) is 6.75. The van der Waals surface area contributed by atoms with Gasteiger partial charge in [-0.15, -0.1) is 0 Å². The van der Waals surface area contributed by atoms with Gasteiger partial charge in [-0.3, -0.25) is 4.79 Å². The minimum absolute atomic E-state index is 0.0664. The Bertz CT molecular complexity index is 573. The predicted octanol–water partition coefficient (Wildman–Crippen LogP) is 3.52. The number of carbonyl (C=O) groups excluding carboxylic acids is 1. The molecular weight excluding hydrogens is 304 g/mol. The maximum atomic E-state index is 12.0. The summed E-state index contributed by atoms with van der Waals surface area (Å²) in [6.07, 6.45) is 0.343. The van der Waals surface area contributed by atoms with Crippen LogP contribution in [0.3, 0.4) is 0 Å². The van der Waals surface area contributed by atoms with Crippen LogP contribution in [0.1, 0.15) is 11.1 Å². The van der Waals surface area contributed by atoms with Crippen molar-refractivity contribution in [1.82, 2.24) is 0 Å². The van der Waals surface area contributed by atoms with Gasteiger partial charge in [-0.25, -0.2) is 0 Å². The SMILES string of the molecule is Cc1cc(Br)cc(N)c1NC(=O)Cc1ccccc1. The quantitative estimate of drug-likeness (QED) is 0.851. The number of carbonyl (C=O) groups is 1. The predicted molar refractivity (Wildman–Crippen MR) is 82.1 cm³/mol. The van der Waals surface area contributed by atoms with Gasteiger partial charge in [0.2, 0.25) is 5.91 Å². The van der Waals surface area contributed by atoms with Crippen LogP contribution in [0.15, 0.2) is 46.9 Å². The van der Waals surface area contributed by atoms with E-state index in [1.807, 2.05) is 43.3 Å². The molecule has 0 aliphatic rings. The van der Waals surface area contributed by atoms with E-state index in [1.54, 1.807) is 6.07 Å². The van der Waals surface area contributed by atoms with Gasteiger partial charge in [0.05, 0.1) is 17.8 Å². The fourth-order valence-corrected chi connectivity index (χ4v) is 2.49. The zero-order valence-electron chi connectivity index (χ0n) is 10.6. The van der Waals surface area contributed by atoms with E-state index < -0.39 is 0 Å². The number of nitrogen functional groups attached to an aromatic ring is 1. The molecule has 0 aromatic heterocycles. The minimum Gasteiger partial charge on any atom is -0.397 e. The van der Waals surface area contributed by atoms with Crippen molar-refractivity contribution in [3.8, 4) is 0 Å². The van der Waals surface area contributed by atoms with E-state index in [0.29, 0.717) is 17.8 Å². The lowest BCUT2D eigenvalue weighted by Crippen LogP contribution is -2.16. The highest BCUT2D eigenvalue weighted by Gasteiger charge is 2.09. The third-order valence-electron chi connectivity index (χ3n) is 2.80. The van der Waals surface area contributed by atoms with Gasteiger partial charge in [0, 0.05) is 4.47 Å². The largest absolute Gasteiger partial charge is 0.397 e. The van der Waals surface area contributed by atoms with Crippen molar-refractivity contribution in [2.75, 3.05) is 11.1 Å². The van der Waals surface area contributed by atoms with Crippen LogP contribution in [-0.2, 0) is 11.2 Å². The van der Waals surface area contributed by atoms with Crippen LogP contribution >= 0.6 is 15.9 Å². The number of nitrogens with one attached hydrogen (secondary N) is 1. The Morgan fingerprint density at radius 1 is 1.26 bits per heavy atom. The number of hydrogen-bond donors (Lipinski definition) is 2. The summed E-state index contributed by atoms with van der Waals surface area (Å²) in [7, 11) is 0. The van der Waals surface area contributed by atoms with Crippen LogP contribution in [0.25, 0.3) is 0 Å². The molecule has 0 atom stereocenters. The second-order valence-electron chi connectivity index (χ2n) is 4.40. The van der Waals surface area contributed by atoms with Gasteiger partial charge < -0.3 is 11.1 Å². The lowest BCUT2D eigenvalue weighted by Gasteiger charge is -2.12. The van der Waals surface area contributed by atoms with Crippen molar-refractivity contribution in [2.24, 2.45) is 0 Å². The first-order chi connectivity index (χ1) is 9.06. The van der Waals surface area contributed by atoms with Crippen molar-refractivity contribution < 1.29 is 4.79 Å². The van der Waals surface area contributed by atoms with E-state index in [-0.39, 0.29) is 5.91 Å². The zero-order chi connectivity index (χ0) is 13.8. The molecule has 1 amide bonds. The summed E-state index contributed by atoms with van der Waals surface area (Å²) in [6, 6.07) is 13.3. The molecular formula is C15H15BrN2O. The van der Waals surface area contributed by atoms with Crippen LogP contribution in [0.4, 0.5) is 11.4 Å². The van der Waals surface area contributed by atoms with Crippen molar-refractivity contribution in [1.29, 1.82) is 0 Å². The molecule has 0 saturated carbocycles. The number of amides is 1. The van der Waals surface area contributed by atoms with Crippen LogP contribution in [0.5, 0.6) is 0 Å². The van der Waals surface area contributed by atoms with E-state index >= 15 is 0 Å². The molecule has 2 aromatic rings. The number of benzene rings is 2. The molecule has 0 fully saturated rings. The second kappa shape index (κ2) is 5.89. The molecule has 3 N–H and O–H groups in total. The lowest BCUT2D eigenvalue weighted by molar-refractivity contribution is -0.115. The molecule has 0 unspecified atom stereocenters. The summed E-state index contributed by atoms with van der Waals surface area (Å²) in [6.45, 7) is 1.92. The molecule has 3 nitrogen and oxygen atoms in total. The number of halogens is 1. The van der Waals surface area contributed by atoms with E-state index in [0.717, 1.165) is 15.6 Å². The number of hydrogen-bond acceptors (Lipinski definition) is 2. The minimum atomic E-state index is -0.0664. The van der Waals surface area contributed by atoms with Crippen LogP contribution in [0, 0.1) is 6.92 Å². The Morgan fingerprint density at radius 2 is 1.95 bits per heavy atom. The zero-order valence-corrected chi connectivity index (χ0v) is 12.2. The molecule has 98 valence electrons. The van der Waals surface area contributed by atoms with Gasteiger partial charge in [0.25, 0.3) is 0 Å². The smallest absolute Gasteiger partial charge is 0.228 e. The molecule has 0 aliphatic heterocycles. The molecule has 0 spiro atoms. The number of aryl methyl sites for hydroxylation is 1. The molecule has 0 radical (unpaired) electrons. The van der Waals surface area contributed by atoms with Crippen molar-refractivity contribution >= 4 is 33.2 Å². The van der Waals surface area contributed by atoms with Crippen molar-refractivity contribution in [3.63, 3.8) is 0 Å². The van der Waals surface area contributed by atoms with E-state index in [4.69, 9.17) is 5.73 Å². The third-order valence-corrected chi connectivity index (χ3v) is 3.26. The molecule has 19 heavy (non-hydrogen) atoms. The first kappa shape index (κ1) is 13.6. The first-order valence-electron chi connectivity index (χ1n) is 5.95. The van der Waals surface area contributed by atoms with E-state index in [9.17, 15) is 4.79 Å². The number of nitrogens with two attached hydrogens (primary N) is 1. The Balaban J connectivity index is 2.12. The Morgan fingerprint density at radius 3 is 2.58 bits per heavy atom. The van der Waals surface area contributed by atoms with Crippen LogP contribution < -0.4 is 11.1 Å². The van der Waals surface area contributed by atoms with Crippen LogP contribution in [-0.4, -0.2) is 5.91 Å². The maximum absolute atomic E-state index is 12.0. The van der Waals surface area contributed by atoms with Gasteiger partial charge >= 0.3 is 0 Å². The fraction of sp³-hybridized carbons (Fsp3) is 0.133. The monoisotopic (exact) mass is 318 g/mol. The van der Waals surface area contributed by atoms with Gasteiger partial charge in [-0.2, -0.15) is 0 Å². The van der Waals surface area contributed by atoms with E-state index in [2.05, 4.69) is 21.2 Å².